The second-order valence-corrected chi connectivity index (χ2v) is 4.17. The van der Waals surface area contributed by atoms with E-state index in [9.17, 15) is 4.79 Å². The van der Waals surface area contributed by atoms with Gasteiger partial charge in [0.25, 0.3) is 0 Å². The number of carbonyl (C=O) groups excluding carboxylic acids is 1. The Bertz CT molecular complexity index is 340. The number of aromatic nitrogens is 1. The summed E-state index contributed by atoms with van der Waals surface area (Å²) in [5, 5.41) is 3.03. The molecule has 4 heteroatoms. The van der Waals surface area contributed by atoms with Crippen molar-refractivity contribution in [2.75, 3.05) is 20.1 Å². The molecule has 0 saturated heterocycles. The molecule has 0 aromatic carbocycles. The van der Waals surface area contributed by atoms with Crippen LogP contribution in [0.3, 0.4) is 0 Å². The van der Waals surface area contributed by atoms with Crippen LogP contribution >= 0.6 is 0 Å². The molecule has 4 nitrogen and oxygen atoms in total. The standard InChI is InChI=1S/C13H21N3O/c1-4-16(13(17)11(2)9-14-3)10-12-5-7-15-8-6-12/h5-8,11,14H,4,9-10H2,1-3H3. The highest BCUT2D eigenvalue weighted by Gasteiger charge is 2.18. The number of carbonyl (C=O) groups is 1. The van der Waals surface area contributed by atoms with Crippen molar-refractivity contribution in [3.8, 4) is 0 Å². The molecule has 0 aliphatic heterocycles. The molecule has 0 aliphatic rings. The number of hydrogen-bond donors (Lipinski definition) is 1. The molecule has 1 aromatic rings. The molecule has 1 N–H and O–H groups in total. The summed E-state index contributed by atoms with van der Waals surface area (Å²) in [6.07, 6.45) is 3.51. The fourth-order valence-corrected chi connectivity index (χ4v) is 1.76. The molecule has 1 unspecified atom stereocenters. The van der Waals surface area contributed by atoms with Crippen molar-refractivity contribution in [3.63, 3.8) is 0 Å². The Morgan fingerprint density at radius 3 is 2.65 bits per heavy atom. The van der Waals surface area contributed by atoms with E-state index >= 15 is 0 Å². The van der Waals surface area contributed by atoms with Crippen molar-refractivity contribution >= 4 is 5.91 Å². The van der Waals surface area contributed by atoms with E-state index in [-0.39, 0.29) is 11.8 Å². The zero-order valence-corrected chi connectivity index (χ0v) is 10.8. The van der Waals surface area contributed by atoms with Crippen LogP contribution in [0, 0.1) is 5.92 Å². The van der Waals surface area contributed by atoms with E-state index in [2.05, 4.69) is 10.3 Å². The van der Waals surface area contributed by atoms with Gasteiger partial charge in [0.15, 0.2) is 0 Å². The van der Waals surface area contributed by atoms with E-state index in [1.807, 2.05) is 37.9 Å². The first kappa shape index (κ1) is 13.6. The summed E-state index contributed by atoms with van der Waals surface area (Å²) in [6.45, 7) is 6.06. The van der Waals surface area contributed by atoms with E-state index in [1.165, 1.54) is 0 Å². The van der Waals surface area contributed by atoms with Crippen LogP contribution in [-0.4, -0.2) is 35.9 Å². The first-order valence-electron chi connectivity index (χ1n) is 6.01. The van der Waals surface area contributed by atoms with Crippen LogP contribution < -0.4 is 5.32 Å². The fourth-order valence-electron chi connectivity index (χ4n) is 1.76. The Balaban J connectivity index is 2.62. The summed E-state index contributed by atoms with van der Waals surface area (Å²) in [6, 6.07) is 3.89. The van der Waals surface area contributed by atoms with E-state index in [0.717, 1.165) is 12.1 Å². The minimum absolute atomic E-state index is 0.0155. The Kier molecular flexibility index (Phi) is 5.63. The lowest BCUT2D eigenvalue weighted by atomic mass is 10.1. The van der Waals surface area contributed by atoms with Crippen molar-refractivity contribution in [3.05, 3.63) is 30.1 Å². The minimum atomic E-state index is 0.0155. The summed E-state index contributed by atoms with van der Waals surface area (Å²) in [5.41, 5.74) is 1.12. The van der Waals surface area contributed by atoms with Gasteiger partial charge in [0, 0.05) is 37.9 Å². The normalized spacial score (nSPS) is 12.2. The minimum Gasteiger partial charge on any atom is -0.338 e. The molecular weight excluding hydrogens is 214 g/mol. The number of amides is 1. The maximum atomic E-state index is 12.1. The number of hydrogen-bond acceptors (Lipinski definition) is 3. The van der Waals surface area contributed by atoms with Crippen LogP contribution in [0.2, 0.25) is 0 Å². The molecule has 1 aromatic heterocycles. The predicted molar refractivity (Wildman–Crippen MR) is 68.4 cm³/mol. The molecule has 1 heterocycles. The van der Waals surface area contributed by atoms with Gasteiger partial charge in [0.1, 0.15) is 0 Å². The second-order valence-electron chi connectivity index (χ2n) is 4.17. The van der Waals surface area contributed by atoms with Gasteiger partial charge in [-0.25, -0.2) is 0 Å². The van der Waals surface area contributed by atoms with Crippen LogP contribution in [-0.2, 0) is 11.3 Å². The third-order valence-corrected chi connectivity index (χ3v) is 2.75. The van der Waals surface area contributed by atoms with E-state index in [4.69, 9.17) is 0 Å². The summed E-state index contributed by atoms with van der Waals surface area (Å²) >= 11 is 0. The number of nitrogens with one attached hydrogen (secondary N) is 1. The number of rotatable bonds is 6. The Morgan fingerprint density at radius 1 is 1.47 bits per heavy atom. The molecule has 17 heavy (non-hydrogen) atoms. The van der Waals surface area contributed by atoms with Crippen molar-refractivity contribution < 1.29 is 4.79 Å². The summed E-state index contributed by atoms with van der Waals surface area (Å²) in [4.78, 5) is 18.0. The smallest absolute Gasteiger partial charge is 0.226 e. The molecule has 0 bridgehead atoms. The third kappa shape index (κ3) is 4.15. The molecular formula is C13H21N3O. The van der Waals surface area contributed by atoms with Gasteiger partial charge >= 0.3 is 0 Å². The molecule has 0 saturated carbocycles. The van der Waals surface area contributed by atoms with Crippen molar-refractivity contribution in [1.82, 2.24) is 15.2 Å². The van der Waals surface area contributed by atoms with Gasteiger partial charge < -0.3 is 10.2 Å². The van der Waals surface area contributed by atoms with Crippen molar-refractivity contribution in [2.45, 2.75) is 20.4 Å². The molecule has 94 valence electrons. The maximum absolute atomic E-state index is 12.1. The summed E-state index contributed by atoms with van der Waals surface area (Å²) in [7, 11) is 1.86. The Morgan fingerprint density at radius 2 is 2.12 bits per heavy atom. The molecule has 0 fully saturated rings. The summed E-state index contributed by atoms with van der Waals surface area (Å²) in [5.74, 6) is 0.209. The molecule has 1 atom stereocenters. The molecule has 1 amide bonds. The van der Waals surface area contributed by atoms with Gasteiger partial charge in [-0.3, -0.25) is 9.78 Å². The van der Waals surface area contributed by atoms with Gasteiger partial charge in [0.05, 0.1) is 0 Å². The molecule has 0 radical (unpaired) electrons. The van der Waals surface area contributed by atoms with Gasteiger partial charge in [-0.2, -0.15) is 0 Å². The van der Waals surface area contributed by atoms with Crippen molar-refractivity contribution in [2.24, 2.45) is 5.92 Å². The average Bonchev–Trinajstić information content (AvgIpc) is 2.36. The first-order valence-corrected chi connectivity index (χ1v) is 6.01. The Labute approximate surface area is 103 Å². The van der Waals surface area contributed by atoms with Gasteiger partial charge in [-0.05, 0) is 31.7 Å². The molecule has 1 rings (SSSR count). The van der Waals surface area contributed by atoms with E-state index in [1.54, 1.807) is 12.4 Å². The second kappa shape index (κ2) is 7.01. The van der Waals surface area contributed by atoms with Crippen LogP contribution in [0.15, 0.2) is 24.5 Å². The zero-order valence-electron chi connectivity index (χ0n) is 10.8. The highest BCUT2D eigenvalue weighted by molar-refractivity contribution is 5.78. The highest BCUT2D eigenvalue weighted by Crippen LogP contribution is 2.07. The predicted octanol–water partition coefficient (Wildman–Crippen LogP) is 1.29. The lowest BCUT2D eigenvalue weighted by Crippen LogP contribution is -2.38. The molecule has 0 spiro atoms. The lowest BCUT2D eigenvalue weighted by molar-refractivity contribution is -0.135. The van der Waals surface area contributed by atoms with E-state index < -0.39 is 0 Å². The van der Waals surface area contributed by atoms with Gasteiger partial charge in [-0.15, -0.1) is 0 Å². The maximum Gasteiger partial charge on any atom is 0.226 e. The fraction of sp³-hybridized carbons (Fsp3) is 0.538. The number of pyridine rings is 1. The van der Waals surface area contributed by atoms with E-state index in [0.29, 0.717) is 13.1 Å². The molecule has 0 aliphatic carbocycles. The van der Waals surface area contributed by atoms with Crippen LogP contribution in [0.1, 0.15) is 19.4 Å². The quantitative estimate of drug-likeness (QED) is 0.808. The van der Waals surface area contributed by atoms with Crippen LogP contribution in [0.5, 0.6) is 0 Å². The average molecular weight is 235 g/mol. The van der Waals surface area contributed by atoms with Gasteiger partial charge in [0.2, 0.25) is 5.91 Å². The SMILES string of the molecule is CCN(Cc1ccncc1)C(=O)C(C)CNC. The Hall–Kier alpha value is -1.42. The van der Waals surface area contributed by atoms with Crippen LogP contribution in [0.4, 0.5) is 0 Å². The zero-order chi connectivity index (χ0) is 12.7. The largest absolute Gasteiger partial charge is 0.338 e. The highest BCUT2D eigenvalue weighted by atomic mass is 16.2. The summed E-state index contributed by atoms with van der Waals surface area (Å²) < 4.78 is 0. The third-order valence-electron chi connectivity index (χ3n) is 2.75. The number of nitrogens with zero attached hydrogens (tertiary/aromatic N) is 2. The first-order chi connectivity index (χ1) is 8.19. The van der Waals surface area contributed by atoms with Crippen LogP contribution in [0.25, 0.3) is 0 Å². The monoisotopic (exact) mass is 235 g/mol. The van der Waals surface area contributed by atoms with Crippen molar-refractivity contribution in [1.29, 1.82) is 0 Å². The topological polar surface area (TPSA) is 45.2 Å². The van der Waals surface area contributed by atoms with Gasteiger partial charge in [-0.1, -0.05) is 6.92 Å². The lowest BCUT2D eigenvalue weighted by Gasteiger charge is -2.24.